The van der Waals surface area contributed by atoms with Gasteiger partial charge in [-0.15, -0.1) is 0 Å². The third kappa shape index (κ3) is 11.4. The predicted molar refractivity (Wildman–Crippen MR) is 61.4 cm³/mol. The molecule has 0 radical (unpaired) electrons. The maximum atomic E-state index is 10.9. The Morgan fingerprint density at radius 3 is 2.69 bits per heavy atom. The van der Waals surface area contributed by atoms with Crippen LogP contribution in [0.25, 0.3) is 0 Å². The van der Waals surface area contributed by atoms with Crippen LogP contribution in [0.3, 0.4) is 0 Å². The summed E-state index contributed by atoms with van der Waals surface area (Å²) in [4.78, 5) is 10.9. The lowest BCUT2D eigenvalue weighted by atomic mass is 10.3. The Balaban J connectivity index is 3.01. The third-order valence-corrected chi connectivity index (χ3v) is 1.90. The Labute approximate surface area is 97.4 Å². The van der Waals surface area contributed by atoms with Gasteiger partial charge in [0.25, 0.3) is 0 Å². The standard InChI is InChI=1S/C11H23NO4/c1-3-16-11(13)10-15-9-7-12-6-4-5-8-14-2/h12H,3-10H2,1-2H3. The number of carbonyl (C=O) groups is 1. The van der Waals surface area contributed by atoms with Crippen molar-refractivity contribution in [3.8, 4) is 0 Å². The second kappa shape index (κ2) is 12.4. The predicted octanol–water partition coefficient (Wildman–Crippen LogP) is 0.582. The lowest BCUT2D eigenvalue weighted by Gasteiger charge is -2.05. The minimum Gasteiger partial charge on any atom is -0.464 e. The van der Waals surface area contributed by atoms with Gasteiger partial charge >= 0.3 is 5.97 Å². The molecule has 0 aliphatic rings. The maximum absolute atomic E-state index is 10.9. The van der Waals surface area contributed by atoms with Gasteiger partial charge in [0.1, 0.15) is 6.61 Å². The van der Waals surface area contributed by atoms with Crippen molar-refractivity contribution in [1.82, 2.24) is 5.32 Å². The van der Waals surface area contributed by atoms with Gasteiger partial charge in [0.15, 0.2) is 0 Å². The fourth-order valence-electron chi connectivity index (χ4n) is 1.12. The van der Waals surface area contributed by atoms with Gasteiger partial charge in [0.05, 0.1) is 13.2 Å². The zero-order valence-corrected chi connectivity index (χ0v) is 10.3. The maximum Gasteiger partial charge on any atom is 0.332 e. The van der Waals surface area contributed by atoms with E-state index in [0.717, 1.165) is 32.5 Å². The van der Waals surface area contributed by atoms with E-state index in [0.29, 0.717) is 13.2 Å². The molecule has 5 heteroatoms. The second-order valence-electron chi connectivity index (χ2n) is 3.31. The van der Waals surface area contributed by atoms with E-state index in [1.165, 1.54) is 0 Å². The molecule has 96 valence electrons. The number of carbonyl (C=O) groups excluding carboxylic acids is 1. The molecule has 0 bridgehead atoms. The van der Waals surface area contributed by atoms with Crippen LogP contribution < -0.4 is 5.32 Å². The smallest absolute Gasteiger partial charge is 0.332 e. The van der Waals surface area contributed by atoms with Gasteiger partial charge < -0.3 is 19.5 Å². The minimum atomic E-state index is -0.303. The molecule has 16 heavy (non-hydrogen) atoms. The topological polar surface area (TPSA) is 56.8 Å². The number of rotatable bonds is 11. The van der Waals surface area contributed by atoms with E-state index in [-0.39, 0.29) is 12.6 Å². The molecule has 0 unspecified atom stereocenters. The molecule has 0 amide bonds. The number of methoxy groups -OCH3 is 1. The number of unbranched alkanes of at least 4 members (excludes halogenated alkanes) is 1. The first-order valence-corrected chi connectivity index (χ1v) is 5.74. The Morgan fingerprint density at radius 2 is 2.00 bits per heavy atom. The fourth-order valence-corrected chi connectivity index (χ4v) is 1.12. The van der Waals surface area contributed by atoms with Crippen LogP contribution in [-0.4, -0.2) is 52.6 Å². The van der Waals surface area contributed by atoms with Crippen molar-refractivity contribution >= 4 is 5.97 Å². The molecule has 1 N–H and O–H groups in total. The monoisotopic (exact) mass is 233 g/mol. The van der Waals surface area contributed by atoms with Crippen molar-refractivity contribution in [1.29, 1.82) is 0 Å². The van der Waals surface area contributed by atoms with E-state index in [1.54, 1.807) is 14.0 Å². The summed E-state index contributed by atoms with van der Waals surface area (Å²) in [5.74, 6) is -0.303. The SMILES string of the molecule is CCOC(=O)COCCNCCCCOC. The first kappa shape index (κ1) is 15.3. The number of hydrogen-bond acceptors (Lipinski definition) is 5. The van der Waals surface area contributed by atoms with Crippen LogP contribution >= 0.6 is 0 Å². The Bertz CT molecular complexity index is 164. The van der Waals surface area contributed by atoms with E-state index in [2.05, 4.69) is 5.32 Å². The van der Waals surface area contributed by atoms with Crippen LogP contribution in [0.1, 0.15) is 19.8 Å². The molecule has 0 aromatic carbocycles. The summed E-state index contributed by atoms with van der Waals surface area (Å²) < 4.78 is 14.8. The van der Waals surface area contributed by atoms with Crippen molar-refractivity contribution in [2.75, 3.05) is 46.6 Å². The highest BCUT2D eigenvalue weighted by atomic mass is 16.6. The molecule has 0 saturated heterocycles. The normalized spacial score (nSPS) is 10.4. The lowest BCUT2D eigenvalue weighted by molar-refractivity contribution is -0.148. The summed E-state index contributed by atoms with van der Waals surface area (Å²) in [6.07, 6.45) is 2.15. The van der Waals surface area contributed by atoms with Crippen molar-refractivity contribution < 1.29 is 19.0 Å². The van der Waals surface area contributed by atoms with Gasteiger partial charge in [-0.1, -0.05) is 0 Å². The average molecular weight is 233 g/mol. The molecule has 0 aromatic heterocycles. The van der Waals surface area contributed by atoms with Crippen LogP contribution in [-0.2, 0) is 19.0 Å². The quantitative estimate of drug-likeness (QED) is 0.418. The van der Waals surface area contributed by atoms with Gasteiger partial charge in [-0.2, -0.15) is 0 Å². The summed E-state index contributed by atoms with van der Waals surface area (Å²) >= 11 is 0. The van der Waals surface area contributed by atoms with E-state index < -0.39 is 0 Å². The Hall–Kier alpha value is -0.650. The van der Waals surface area contributed by atoms with E-state index in [9.17, 15) is 4.79 Å². The number of esters is 1. The fraction of sp³-hybridized carbons (Fsp3) is 0.909. The first-order chi connectivity index (χ1) is 7.81. The third-order valence-electron chi connectivity index (χ3n) is 1.90. The van der Waals surface area contributed by atoms with Crippen LogP contribution in [0, 0.1) is 0 Å². The molecule has 0 atom stereocenters. The zero-order valence-electron chi connectivity index (χ0n) is 10.3. The van der Waals surface area contributed by atoms with Crippen LogP contribution in [0.15, 0.2) is 0 Å². The molecular weight excluding hydrogens is 210 g/mol. The van der Waals surface area contributed by atoms with Crippen molar-refractivity contribution in [2.24, 2.45) is 0 Å². The number of hydrogen-bond donors (Lipinski definition) is 1. The Morgan fingerprint density at radius 1 is 1.19 bits per heavy atom. The van der Waals surface area contributed by atoms with Gasteiger partial charge in [0.2, 0.25) is 0 Å². The molecule has 0 spiro atoms. The highest BCUT2D eigenvalue weighted by molar-refractivity contribution is 5.70. The summed E-state index contributed by atoms with van der Waals surface area (Å²) in [5, 5.41) is 3.22. The van der Waals surface area contributed by atoms with E-state index >= 15 is 0 Å². The summed E-state index contributed by atoms with van der Waals surface area (Å²) in [6.45, 7) is 5.27. The van der Waals surface area contributed by atoms with Crippen molar-refractivity contribution in [2.45, 2.75) is 19.8 Å². The van der Waals surface area contributed by atoms with Crippen molar-refractivity contribution in [3.63, 3.8) is 0 Å². The molecule has 0 fully saturated rings. The molecule has 0 saturated carbocycles. The van der Waals surface area contributed by atoms with Gasteiger partial charge in [-0.25, -0.2) is 4.79 Å². The lowest BCUT2D eigenvalue weighted by Crippen LogP contribution is -2.23. The number of ether oxygens (including phenoxy) is 3. The number of nitrogens with one attached hydrogen (secondary N) is 1. The largest absolute Gasteiger partial charge is 0.464 e. The zero-order chi connectivity index (χ0) is 12.1. The van der Waals surface area contributed by atoms with Gasteiger partial charge in [-0.3, -0.25) is 0 Å². The second-order valence-corrected chi connectivity index (χ2v) is 3.31. The van der Waals surface area contributed by atoms with Crippen LogP contribution in [0.4, 0.5) is 0 Å². The summed E-state index contributed by atoms with van der Waals surface area (Å²) in [6, 6.07) is 0. The first-order valence-electron chi connectivity index (χ1n) is 5.74. The van der Waals surface area contributed by atoms with Crippen LogP contribution in [0.5, 0.6) is 0 Å². The molecule has 0 heterocycles. The van der Waals surface area contributed by atoms with Gasteiger partial charge in [0, 0.05) is 20.3 Å². The highest BCUT2D eigenvalue weighted by Gasteiger charge is 1.99. The molecule has 0 rings (SSSR count). The molecule has 0 aromatic rings. The highest BCUT2D eigenvalue weighted by Crippen LogP contribution is 1.86. The van der Waals surface area contributed by atoms with Gasteiger partial charge in [-0.05, 0) is 26.3 Å². The molecule has 5 nitrogen and oxygen atoms in total. The Kier molecular flexibility index (Phi) is 11.9. The summed E-state index contributed by atoms with van der Waals surface area (Å²) in [7, 11) is 1.71. The van der Waals surface area contributed by atoms with Crippen molar-refractivity contribution in [3.05, 3.63) is 0 Å². The molecule has 0 aliphatic heterocycles. The average Bonchev–Trinajstić information content (AvgIpc) is 2.27. The molecule has 0 aliphatic carbocycles. The van der Waals surface area contributed by atoms with E-state index in [1.807, 2.05) is 0 Å². The minimum absolute atomic E-state index is 0.0409. The van der Waals surface area contributed by atoms with Crippen LogP contribution in [0.2, 0.25) is 0 Å². The molecular formula is C11H23NO4. The summed E-state index contributed by atoms with van der Waals surface area (Å²) in [5.41, 5.74) is 0. The van der Waals surface area contributed by atoms with E-state index in [4.69, 9.17) is 14.2 Å².